The van der Waals surface area contributed by atoms with Crippen LogP contribution in [-0.4, -0.2) is 38.1 Å². The summed E-state index contributed by atoms with van der Waals surface area (Å²) in [6.45, 7) is 4.75. The van der Waals surface area contributed by atoms with Gasteiger partial charge in [0.2, 0.25) is 5.91 Å². The van der Waals surface area contributed by atoms with Gasteiger partial charge in [0.15, 0.2) is 0 Å². The van der Waals surface area contributed by atoms with Gasteiger partial charge in [-0.1, -0.05) is 30.3 Å². The third kappa shape index (κ3) is 3.59. The molecular formula is C26H27N3O2. The van der Waals surface area contributed by atoms with Crippen molar-refractivity contribution in [2.24, 2.45) is 0 Å². The standard InChI is InChI=1S/C26H27N3O2/c1-17-12-19(9-10-23(17)28-15-18(2)27-16-28)13-21-7-5-11-29(26(21)31)24-14-20-6-3-4-8-22(20)25(24)30/h3-4,6,8-10,12-13,15-16,24-25,30H,5,7,11,14H2,1-2H3/b21-13+/t24-,25+/m1/s1. The number of likely N-dealkylation sites (tertiary alicyclic amines) is 1. The van der Waals surface area contributed by atoms with E-state index in [2.05, 4.69) is 36.2 Å². The highest BCUT2D eigenvalue weighted by Gasteiger charge is 2.39. The van der Waals surface area contributed by atoms with E-state index in [1.807, 2.05) is 53.2 Å². The van der Waals surface area contributed by atoms with E-state index in [4.69, 9.17) is 0 Å². The first kappa shape index (κ1) is 19.8. The van der Waals surface area contributed by atoms with Gasteiger partial charge in [-0.25, -0.2) is 4.98 Å². The minimum absolute atomic E-state index is 0.0510. The van der Waals surface area contributed by atoms with Crippen LogP contribution in [0.1, 0.15) is 46.9 Å². The molecule has 2 aliphatic rings. The number of hydrogen-bond donors (Lipinski definition) is 1. The number of fused-ring (bicyclic) bond motifs is 1. The molecule has 2 aromatic carbocycles. The summed E-state index contributed by atoms with van der Waals surface area (Å²) in [5.74, 6) is 0.0510. The van der Waals surface area contributed by atoms with Crippen molar-refractivity contribution in [2.75, 3.05) is 6.54 Å². The molecule has 1 N–H and O–H groups in total. The Labute approximate surface area is 182 Å². The van der Waals surface area contributed by atoms with Gasteiger partial charge in [-0.15, -0.1) is 0 Å². The van der Waals surface area contributed by atoms with Crippen LogP contribution in [0.15, 0.2) is 60.6 Å². The topological polar surface area (TPSA) is 58.4 Å². The Morgan fingerprint density at radius 1 is 1.16 bits per heavy atom. The molecule has 1 aliphatic carbocycles. The summed E-state index contributed by atoms with van der Waals surface area (Å²) >= 11 is 0. The van der Waals surface area contributed by atoms with Crippen molar-refractivity contribution in [3.05, 3.63) is 88.5 Å². The van der Waals surface area contributed by atoms with Crippen LogP contribution in [0, 0.1) is 13.8 Å². The summed E-state index contributed by atoms with van der Waals surface area (Å²) in [7, 11) is 0. The lowest BCUT2D eigenvalue weighted by atomic mass is 9.97. The molecule has 2 atom stereocenters. The maximum atomic E-state index is 13.3. The van der Waals surface area contributed by atoms with Crippen LogP contribution in [0.2, 0.25) is 0 Å². The molecule has 0 unspecified atom stereocenters. The molecule has 1 saturated heterocycles. The van der Waals surface area contributed by atoms with E-state index in [-0.39, 0.29) is 11.9 Å². The zero-order valence-corrected chi connectivity index (χ0v) is 18.0. The molecule has 3 aromatic rings. The van der Waals surface area contributed by atoms with Gasteiger partial charge in [-0.2, -0.15) is 0 Å². The van der Waals surface area contributed by atoms with Crippen LogP contribution in [0.3, 0.4) is 0 Å². The number of aliphatic hydroxyl groups is 1. The van der Waals surface area contributed by atoms with E-state index in [0.29, 0.717) is 13.0 Å². The monoisotopic (exact) mass is 413 g/mol. The molecule has 0 radical (unpaired) electrons. The quantitative estimate of drug-likeness (QED) is 0.656. The largest absolute Gasteiger partial charge is 0.386 e. The molecule has 31 heavy (non-hydrogen) atoms. The fraction of sp³-hybridized carbons (Fsp3) is 0.308. The maximum Gasteiger partial charge on any atom is 0.250 e. The smallest absolute Gasteiger partial charge is 0.250 e. The normalized spacial score (nSPS) is 22.2. The number of rotatable bonds is 3. The number of carbonyl (C=O) groups excluding carboxylic acids is 1. The molecule has 5 rings (SSSR count). The molecule has 158 valence electrons. The summed E-state index contributed by atoms with van der Waals surface area (Å²) in [5, 5.41) is 10.8. The second-order valence-corrected chi connectivity index (χ2v) is 8.66. The van der Waals surface area contributed by atoms with Crippen molar-refractivity contribution in [3.63, 3.8) is 0 Å². The Balaban J connectivity index is 1.38. The molecule has 1 aliphatic heterocycles. The molecule has 5 nitrogen and oxygen atoms in total. The first-order chi connectivity index (χ1) is 15.0. The van der Waals surface area contributed by atoms with E-state index in [1.54, 1.807) is 0 Å². The molecule has 2 heterocycles. The number of nitrogens with zero attached hydrogens (tertiary/aromatic N) is 3. The first-order valence-electron chi connectivity index (χ1n) is 10.9. The number of amides is 1. The fourth-order valence-corrected chi connectivity index (χ4v) is 4.93. The molecule has 1 aromatic heterocycles. The molecule has 1 fully saturated rings. The zero-order valence-electron chi connectivity index (χ0n) is 18.0. The van der Waals surface area contributed by atoms with Crippen LogP contribution in [-0.2, 0) is 11.2 Å². The lowest BCUT2D eigenvalue weighted by Crippen LogP contribution is -2.46. The average molecular weight is 414 g/mol. The number of carbonyl (C=O) groups is 1. The third-order valence-corrected chi connectivity index (χ3v) is 6.50. The van der Waals surface area contributed by atoms with Crippen LogP contribution in [0.5, 0.6) is 0 Å². The van der Waals surface area contributed by atoms with E-state index >= 15 is 0 Å². The molecular weight excluding hydrogens is 386 g/mol. The van der Waals surface area contributed by atoms with Gasteiger partial charge >= 0.3 is 0 Å². The number of aromatic nitrogens is 2. The number of hydrogen-bond acceptors (Lipinski definition) is 3. The molecule has 1 amide bonds. The van der Waals surface area contributed by atoms with Crippen molar-refractivity contribution >= 4 is 12.0 Å². The van der Waals surface area contributed by atoms with Gasteiger partial charge in [-0.05, 0) is 73.6 Å². The lowest BCUT2D eigenvalue weighted by Gasteiger charge is -2.35. The van der Waals surface area contributed by atoms with Gasteiger partial charge in [0.05, 0.1) is 24.2 Å². The highest BCUT2D eigenvalue weighted by atomic mass is 16.3. The Morgan fingerprint density at radius 3 is 2.74 bits per heavy atom. The number of aliphatic hydroxyl groups excluding tert-OH is 1. The summed E-state index contributed by atoms with van der Waals surface area (Å²) in [5.41, 5.74) is 7.15. The van der Waals surface area contributed by atoms with E-state index in [0.717, 1.165) is 52.0 Å². The predicted octanol–water partition coefficient (Wildman–Crippen LogP) is 4.15. The van der Waals surface area contributed by atoms with Crippen LogP contribution >= 0.6 is 0 Å². The minimum Gasteiger partial charge on any atom is -0.386 e. The van der Waals surface area contributed by atoms with E-state index < -0.39 is 6.10 Å². The number of imidazole rings is 1. The van der Waals surface area contributed by atoms with Gasteiger partial charge < -0.3 is 14.6 Å². The zero-order chi connectivity index (χ0) is 21.5. The Bertz CT molecular complexity index is 1180. The first-order valence-corrected chi connectivity index (χ1v) is 10.9. The fourth-order valence-electron chi connectivity index (χ4n) is 4.93. The molecule has 0 spiro atoms. The maximum absolute atomic E-state index is 13.3. The average Bonchev–Trinajstić information content (AvgIpc) is 3.33. The van der Waals surface area contributed by atoms with Gasteiger partial charge in [0, 0.05) is 24.0 Å². The van der Waals surface area contributed by atoms with Crippen molar-refractivity contribution in [1.29, 1.82) is 0 Å². The van der Waals surface area contributed by atoms with Gasteiger partial charge in [0.25, 0.3) is 0 Å². The van der Waals surface area contributed by atoms with Crippen molar-refractivity contribution < 1.29 is 9.90 Å². The minimum atomic E-state index is -0.611. The van der Waals surface area contributed by atoms with Crippen molar-refractivity contribution in [3.8, 4) is 5.69 Å². The summed E-state index contributed by atoms with van der Waals surface area (Å²) in [6, 6.07) is 14.0. The van der Waals surface area contributed by atoms with Crippen molar-refractivity contribution in [2.45, 2.75) is 45.3 Å². The van der Waals surface area contributed by atoms with Crippen LogP contribution in [0.25, 0.3) is 11.8 Å². The van der Waals surface area contributed by atoms with E-state index in [9.17, 15) is 9.90 Å². The Hall–Kier alpha value is -3.18. The Kier molecular flexibility index (Phi) is 4.98. The summed E-state index contributed by atoms with van der Waals surface area (Å²) in [4.78, 5) is 19.5. The second kappa shape index (κ2) is 7.82. The Morgan fingerprint density at radius 2 is 2.00 bits per heavy atom. The van der Waals surface area contributed by atoms with E-state index in [1.165, 1.54) is 0 Å². The molecule has 5 heteroatoms. The predicted molar refractivity (Wildman–Crippen MR) is 121 cm³/mol. The van der Waals surface area contributed by atoms with Gasteiger partial charge in [0.1, 0.15) is 0 Å². The van der Waals surface area contributed by atoms with Crippen LogP contribution in [0.4, 0.5) is 0 Å². The highest BCUT2D eigenvalue weighted by molar-refractivity contribution is 5.98. The number of benzene rings is 2. The van der Waals surface area contributed by atoms with Crippen LogP contribution < -0.4 is 0 Å². The summed E-state index contributed by atoms with van der Waals surface area (Å²) in [6.07, 6.45) is 7.64. The van der Waals surface area contributed by atoms with Crippen molar-refractivity contribution in [1.82, 2.24) is 14.5 Å². The lowest BCUT2D eigenvalue weighted by molar-refractivity contribution is -0.133. The molecule has 0 saturated carbocycles. The molecule has 0 bridgehead atoms. The summed E-state index contributed by atoms with van der Waals surface area (Å²) < 4.78 is 2.02. The number of piperidine rings is 1. The third-order valence-electron chi connectivity index (χ3n) is 6.50. The number of aryl methyl sites for hydroxylation is 2. The SMILES string of the molecule is Cc1cn(-c2ccc(/C=C3\CCCN([C@@H]4Cc5ccccc5[C@@H]4O)C3=O)cc2C)cn1. The van der Waals surface area contributed by atoms with Gasteiger partial charge in [-0.3, -0.25) is 4.79 Å². The second-order valence-electron chi connectivity index (χ2n) is 8.66. The highest BCUT2D eigenvalue weighted by Crippen LogP contribution is 2.36.